The molecule has 0 heterocycles. The number of carbonyl (C=O) groups is 1. The van der Waals surface area contributed by atoms with Gasteiger partial charge in [-0.1, -0.05) is 0 Å². The van der Waals surface area contributed by atoms with Gasteiger partial charge in [0, 0.05) is 13.1 Å². The number of ether oxygens (including phenoxy) is 1. The molecule has 0 fully saturated rings. The molecule has 1 unspecified atom stereocenters. The van der Waals surface area contributed by atoms with E-state index in [-0.39, 0.29) is 18.4 Å². The summed E-state index contributed by atoms with van der Waals surface area (Å²) >= 11 is 0. The number of amides is 2. The fraction of sp³-hybridized carbons (Fsp3) is 0.462. The van der Waals surface area contributed by atoms with Crippen LogP contribution in [0.5, 0.6) is 5.75 Å². The van der Waals surface area contributed by atoms with E-state index in [2.05, 4.69) is 5.32 Å². The molecule has 2 amide bonds. The van der Waals surface area contributed by atoms with E-state index in [1.165, 1.54) is 23.1 Å². The smallest absolute Gasteiger partial charge is 0.322 e. The molecule has 0 aromatic heterocycles. The Labute approximate surface area is 112 Å². The minimum absolute atomic E-state index is 0.133. The highest BCUT2D eigenvalue weighted by Crippen LogP contribution is 2.25. The van der Waals surface area contributed by atoms with E-state index in [1.54, 1.807) is 20.9 Å². The third-order valence-corrected chi connectivity index (χ3v) is 2.73. The minimum atomic E-state index is -0.432. The van der Waals surface area contributed by atoms with Gasteiger partial charge in [0.2, 0.25) is 0 Å². The second-order valence-electron chi connectivity index (χ2n) is 4.15. The number of aliphatic hydroxyl groups excluding tert-OH is 1. The number of carbonyl (C=O) groups excluding carboxylic acids is 1. The van der Waals surface area contributed by atoms with Crippen LogP contribution in [0, 0.1) is 5.82 Å². The predicted molar refractivity (Wildman–Crippen MR) is 70.9 cm³/mol. The number of benzene rings is 1. The first kappa shape index (κ1) is 15.2. The maximum absolute atomic E-state index is 13.1. The van der Waals surface area contributed by atoms with E-state index in [0.29, 0.717) is 12.3 Å². The monoisotopic (exact) mass is 270 g/mol. The Hall–Kier alpha value is -1.82. The maximum Gasteiger partial charge on any atom is 0.322 e. The lowest BCUT2D eigenvalue weighted by atomic mass is 10.2. The molecule has 0 spiro atoms. The zero-order valence-electron chi connectivity index (χ0n) is 11.3. The summed E-state index contributed by atoms with van der Waals surface area (Å²) in [6, 6.07) is 3.20. The van der Waals surface area contributed by atoms with Crippen molar-refractivity contribution in [1.82, 2.24) is 4.90 Å². The van der Waals surface area contributed by atoms with Crippen LogP contribution in [-0.2, 0) is 0 Å². The predicted octanol–water partition coefficient (Wildman–Crippen LogP) is 2.07. The van der Waals surface area contributed by atoms with E-state index in [1.807, 2.05) is 0 Å². The number of nitrogens with one attached hydrogen (secondary N) is 1. The number of nitrogens with zero attached hydrogens (tertiary/aromatic N) is 1. The van der Waals surface area contributed by atoms with Crippen molar-refractivity contribution in [2.24, 2.45) is 0 Å². The molecule has 1 aromatic rings. The SMILES string of the molecule is CCOc1cc(F)ccc1NC(=O)N(C)C(C)CO. The Morgan fingerprint density at radius 2 is 2.26 bits per heavy atom. The lowest BCUT2D eigenvalue weighted by molar-refractivity contribution is 0.166. The van der Waals surface area contributed by atoms with Gasteiger partial charge < -0.3 is 20.1 Å². The molecule has 0 saturated heterocycles. The Morgan fingerprint density at radius 1 is 1.58 bits per heavy atom. The van der Waals surface area contributed by atoms with Crippen LogP contribution in [0.25, 0.3) is 0 Å². The lowest BCUT2D eigenvalue weighted by Gasteiger charge is -2.24. The summed E-state index contributed by atoms with van der Waals surface area (Å²) in [6.45, 7) is 3.73. The minimum Gasteiger partial charge on any atom is -0.492 e. The number of hydrogen-bond acceptors (Lipinski definition) is 3. The lowest BCUT2D eigenvalue weighted by Crippen LogP contribution is -2.40. The van der Waals surface area contributed by atoms with Crippen molar-refractivity contribution in [1.29, 1.82) is 0 Å². The Balaban J connectivity index is 2.84. The first-order chi connectivity index (χ1) is 8.99. The van der Waals surface area contributed by atoms with Crippen molar-refractivity contribution in [2.45, 2.75) is 19.9 Å². The first-order valence-electron chi connectivity index (χ1n) is 6.06. The molecule has 0 radical (unpaired) electrons. The average Bonchev–Trinajstić information content (AvgIpc) is 2.40. The Bertz CT molecular complexity index is 440. The Kier molecular flexibility index (Phi) is 5.57. The molecule has 2 N–H and O–H groups in total. The van der Waals surface area contributed by atoms with Gasteiger partial charge in [-0.15, -0.1) is 0 Å². The summed E-state index contributed by atoms with van der Waals surface area (Å²) in [5.41, 5.74) is 0.394. The van der Waals surface area contributed by atoms with E-state index >= 15 is 0 Å². The normalized spacial score (nSPS) is 11.8. The molecule has 1 atom stereocenters. The molecule has 106 valence electrons. The van der Waals surface area contributed by atoms with Crippen molar-refractivity contribution < 1.29 is 19.0 Å². The molecule has 5 nitrogen and oxygen atoms in total. The molecule has 0 aliphatic heterocycles. The number of aliphatic hydroxyl groups is 1. The molecule has 0 bridgehead atoms. The van der Waals surface area contributed by atoms with Crippen molar-refractivity contribution in [3.05, 3.63) is 24.0 Å². The second-order valence-corrected chi connectivity index (χ2v) is 4.15. The van der Waals surface area contributed by atoms with Crippen LogP contribution >= 0.6 is 0 Å². The Morgan fingerprint density at radius 3 is 2.84 bits per heavy atom. The molecule has 1 rings (SSSR count). The van der Waals surface area contributed by atoms with E-state index < -0.39 is 11.8 Å². The van der Waals surface area contributed by atoms with Crippen LogP contribution in [-0.4, -0.2) is 42.3 Å². The molecule has 0 aliphatic rings. The van der Waals surface area contributed by atoms with Crippen LogP contribution in [0.1, 0.15) is 13.8 Å². The molecule has 1 aromatic carbocycles. The van der Waals surface area contributed by atoms with Crippen LogP contribution in [0.4, 0.5) is 14.9 Å². The van der Waals surface area contributed by atoms with Crippen LogP contribution in [0.15, 0.2) is 18.2 Å². The molecule has 6 heteroatoms. The van der Waals surface area contributed by atoms with Gasteiger partial charge in [-0.2, -0.15) is 0 Å². The highest BCUT2D eigenvalue weighted by atomic mass is 19.1. The molecular formula is C13H19FN2O3. The summed E-state index contributed by atoms with van der Waals surface area (Å²) in [6.07, 6.45) is 0. The number of hydrogen-bond donors (Lipinski definition) is 2. The van der Waals surface area contributed by atoms with E-state index in [4.69, 9.17) is 9.84 Å². The van der Waals surface area contributed by atoms with Gasteiger partial charge in [0.15, 0.2) is 0 Å². The van der Waals surface area contributed by atoms with Crippen molar-refractivity contribution >= 4 is 11.7 Å². The van der Waals surface area contributed by atoms with Gasteiger partial charge in [-0.05, 0) is 26.0 Å². The largest absolute Gasteiger partial charge is 0.492 e. The van der Waals surface area contributed by atoms with Gasteiger partial charge in [0.05, 0.1) is 24.9 Å². The third-order valence-electron chi connectivity index (χ3n) is 2.73. The first-order valence-corrected chi connectivity index (χ1v) is 6.06. The van der Waals surface area contributed by atoms with Crippen molar-refractivity contribution in [3.63, 3.8) is 0 Å². The summed E-state index contributed by atoms with van der Waals surface area (Å²) in [4.78, 5) is 13.3. The van der Waals surface area contributed by atoms with Gasteiger partial charge in [-0.25, -0.2) is 9.18 Å². The molecular weight excluding hydrogens is 251 g/mol. The fourth-order valence-corrected chi connectivity index (χ4v) is 1.40. The van der Waals surface area contributed by atoms with Crippen molar-refractivity contribution in [3.8, 4) is 5.75 Å². The van der Waals surface area contributed by atoms with Gasteiger partial charge in [0.25, 0.3) is 0 Å². The number of anilines is 1. The number of likely N-dealkylation sites (N-methyl/N-ethyl adjacent to an activating group) is 1. The van der Waals surface area contributed by atoms with Crippen LogP contribution in [0.2, 0.25) is 0 Å². The summed E-state index contributed by atoms with van der Waals surface area (Å²) in [5.74, 6) is -0.153. The van der Waals surface area contributed by atoms with Gasteiger partial charge in [-0.3, -0.25) is 0 Å². The summed E-state index contributed by atoms with van der Waals surface area (Å²) in [7, 11) is 1.57. The van der Waals surface area contributed by atoms with Gasteiger partial charge in [0.1, 0.15) is 11.6 Å². The maximum atomic E-state index is 13.1. The molecule has 19 heavy (non-hydrogen) atoms. The van der Waals surface area contributed by atoms with E-state index in [9.17, 15) is 9.18 Å². The zero-order chi connectivity index (χ0) is 14.4. The quantitative estimate of drug-likeness (QED) is 0.861. The molecule has 0 saturated carbocycles. The van der Waals surface area contributed by atoms with Crippen LogP contribution in [0.3, 0.4) is 0 Å². The van der Waals surface area contributed by atoms with E-state index in [0.717, 1.165) is 0 Å². The summed E-state index contributed by atoms with van der Waals surface area (Å²) in [5, 5.41) is 11.6. The standard InChI is InChI=1S/C13H19FN2O3/c1-4-19-12-7-10(14)5-6-11(12)15-13(18)16(3)9(2)8-17/h5-7,9,17H,4,8H2,1-3H3,(H,15,18). The average molecular weight is 270 g/mol. The number of rotatable bonds is 5. The zero-order valence-corrected chi connectivity index (χ0v) is 11.3. The highest BCUT2D eigenvalue weighted by Gasteiger charge is 2.16. The third kappa shape index (κ3) is 4.10. The second kappa shape index (κ2) is 6.94. The highest BCUT2D eigenvalue weighted by molar-refractivity contribution is 5.91. The van der Waals surface area contributed by atoms with Crippen LogP contribution < -0.4 is 10.1 Å². The number of halogens is 1. The van der Waals surface area contributed by atoms with Gasteiger partial charge >= 0.3 is 6.03 Å². The number of urea groups is 1. The fourth-order valence-electron chi connectivity index (χ4n) is 1.40. The molecule has 0 aliphatic carbocycles. The van der Waals surface area contributed by atoms with Crippen molar-refractivity contribution in [2.75, 3.05) is 25.6 Å². The topological polar surface area (TPSA) is 61.8 Å². The summed E-state index contributed by atoms with van der Waals surface area (Å²) < 4.78 is 18.4.